The number of hydrogen-bond acceptors (Lipinski definition) is 5. The number of rotatable bonds is 3. The van der Waals surface area contributed by atoms with E-state index < -0.39 is 10.0 Å². The predicted molar refractivity (Wildman–Crippen MR) is 99.8 cm³/mol. The molecule has 26 heavy (non-hydrogen) atoms. The molecule has 2 heterocycles. The summed E-state index contributed by atoms with van der Waals surface area (Å²) in [6.45, 7) is 2.32. The van der Waals surface area contributed by atoms with Gasteiger partial charge in [-0.3, -0.25) is 4.79 Å². The van der Waals surface area contributed by atoms with E-state index in [1.54, 1.807) is 4.90 Å². The van der Waals surface area contributed by atoms with Gasteiger partial charge in [0.05, 0.1) is 22.0 Å². The van der Waals surface area contributed by atoms with E-state index in [0.717, 1.165) is 13.0 Å². The molecule has 2 saturated heterocycles. The molecule has 1 atom stereocenters. The third-order valence-corrected chi connectivity index (χ3v) is 6.80. The standard InChI is InChI=1S/C16H19ClN4O3S.ClH/c17-15-8-14(4-3-12(15)9-18)25(23,24)20-6-1-2-13(11-20)21-7-5-19-10-16(21)22;/h3-4,8,13,19H,1-2,5-7,10-11H2;1H. The highest BCUT2D eigenvalue weighted by atomic mass is 35.5. The summed E-state index contributed by atoms with van der Waals surface area (Å²) in [5.74, 6) is 0.0110. The van der Waals surface area contributed by atoms with Gasteiger partial charge < -0.3 is 10.2 Å². The molecule has 2 aliphatic heterocycles. The average molecular weight is 419 g/mol. The number of piperidine rings is 1. The summed E-state index contributed by atoms with van der Waals surface area (Å²) >= 11 is 5.98. The van der Waals surface area contributed by atoms with Gasteiger partial charge in [-0.1, -0.05) is 11.6 Å². The second-order valence-corrected chi connectivity index (χ2v) is 8.52. The molecule has 2 fully saturated rings. The molecule has 142 valence electrons. The van der Waals surface area contributed by atoms with E-state index in [9.17, 15) is 13.2 Å². The van der Waals surface area contributed by atoms with Crippen LogP contribution in [0.5, 0.6) is 0 Å². The minimum absolute atomic E-state index is 0. The molecule has 2 aliphatic rings. The number of amides is 1. The van der Waals surface area contributed by atoms with E-state index >= 15 is 0 Å². The lowest BCUT2D eigenvalue weighted by Gasteiger charge is -2.40. The van der Waals surface area contributed by atoms with Gasteiger partial charge in [-0.2, -0.15) is 9.57 Å². The van der Waals surface area contributed by atoms with Crippen LogP contribution in [-0.2, 0) is 14.8 Å². The normalized spacial score (nSPS) is 21.8. The summed E-state index contributed by atoms with van der Waals surface area (Å²) in [5, 5.41) is 12.1. The Bertz CT molecular complexity index is 825. The molecule has 1 aromatic rings. The lowest BCUT2D eigenvalue weighted by atomic mass is 10.1. The van der Waals surface area contributed by atoms with Gasteiger partial charge in [0, 0.05) is 32.2 Å². The van der Waals surface area contributed by atoms with Crippen LogP contribution in [0.4, 0.5) is 0 Å². The first-order chi connectivity index (χ1) is 11.9. The molecular weight excluding hydrogens is 399 g/mol. The van der Waals surface area contributed by atoms with Crippen LogP contribution >= 0.6 is 24.0 Å². The molecule has 10 heteroatoms. The van der Waals surface area contributed by atoms with Crippen molar-refractivity contribution in [1.29, 1.82) is 5.26 Å². The average Bonchev–Trinajstić information content (AvgIpc) is 2.62. The van der Waals surface area contributed by atoms with Gasteiger partial charge in [-0.05, 0) is 31.0 Å². The van der Waals surface area contributed by atoms with Crippen molar-refractivity contribution in [3.8, 4) is 6.07 Å². The monoisotopic (exact) mass is 418 g/mol. The minimum Gasteiger partial charge on any atom is -0.336 e. The third kappa shape index (κ3) is 4.13. The predicted octanol–water partition coefficient (Wildman–Crippen LogP) is 1.22. The summed E-state index contributed by atoms with van der Waals surface area (Å²) in [6, 6.07) is 5.94. The number of carbonyl (C=O) groups is 1. The van der Waals surface area contributed by atoms with E-state index in [1.807, 2.05) is 6.07 Å². The van der Waals surface area contributed by atoms with Crippen molar-refractivity contribution in [2.75, 3.05) is 32.7 Å². The van der Waals surface area contributed by atoms with Crippen molar-refractivity contribution >= 4 is 39.9 Å². The van der Waals surface area contributed by atoms with Gasteiger partial charge in [0.15, 0.2) is 0 Å². The second kappa shape index (κ2) is 8.55. The molecular formula is C16H20Cl2N4O3S. The van der Waals surface area contributed by atoms with E-state index in [4.69, 9.17) is 16.9 Å². The lowest BCUT2D eigenvalue weighted by molar-refractivity contribution is -0.135. The van der Waals surface area contributed by atoms with Crippen molar-refractivity contribution < 1.29 is 13.2 Å². The van der Waals surface area contributed by atoms with Gasteiger partial charge in [-0.25, -0.2) is 8.42 Å². The maximum absolute atomic E-state index is 12.9. The maximum Gasteiger partial charge on any atom is 0.243 e. The number of hydrogen-bond donors (Lipinski definition) is 1. The van der Waals surface area contributed by atoms with Crippen molar-refractivity contribution in [3.63, 3.8) is 0 Å². The number of sulfonamides is 1. The Hall–Kier alpha value is -1.37. The van der Waals surface area contributed by atoms with Crippen molar-refractivity contribution in [2.45, 2.75) is 23.8 Å². The summed E-state index contributed by atoms with van der Waals surface area (Å²) in [4.78, 5) is 13.9. The van der Waals surface area contributed by atoms with E-state index in [2.05, 4.69) is 5.32 Å². The Morgan fingerprint density at radius 3 is 2.73 bits per heavy atom. The Balaban J connectivity index is 0.00000243. The van der Waals surface area contributed by atoms with Crippen LogP contribution < -0.4 is 5.32 Å². The Labute approximate surface area is 164 Å². The van der Waals surface area contributed by atoms with E-state index in [0.29, 0.717) is 26.1 Å². The zero-order valence-corrected chi connectivity index (χ0v) is 16.4. The van der Waals surface area contributed by atoms with Crippen LogP contribution in [0.3, 0.4) is 0 Å². The molecule has 7 nitrogen and oxygen atoms in total. The zero-order chi connectivity index (χ0) is 18.0. The molecule has 1 N–H and O–H groups in total. The summed E-state index contributed by atoms with van der Waals surface area (Å²) < 4.78 is 27.2. The highest BCUT2D eigenvalue weighted by molar-refractivity contribution is 7.89. The van der Waals surface area contributed by atoms with Gasteiger partial charge in [0.25, 0.3) is 0 Å². The highest BCUT2D eigenvalue weighted by Crippen LogP contribution is 2.26. The number of nitrogens with zero attached hydrogens (tertiary/aromatic N) is 3. The second-order valence-electron chi connectivity index (χ2n) is 6.18. The fourth-order valence-electron chi connectivity index (χ4n) is 3.30. The molecule has 1 unspecified atom stereocenters. The number of carbonyl (C=O) groups excluding carboxylic acids is 1. The van der Waals surface area contributed by atoms with E-state index in [-0.39, 0.29) is 46.4 Å². The Kier molecular flexibility index (Phi) is 6.88. The van der Waals surface area contributed by atoms with E-state index in [1.165, 1.54) is 22.5 Å². The lowest BCUT2D eigenvalue weighted by Crippen LogP contribution is -2.57. The highest BCUT2D eigenvalue weighted by Gasteiger charge is 2.35. The maximum atomic E-state index is 12.9. The molecule has 0 bridgehead atoms. The van der Waals surface area contributed by atoms with Crippen LogP contribution in [0.25, 0.3) is 0 Å². The SMILES string of the molecule is Cl.N#Cc1ccc(S(=O)(=O)N2CCCC(N3CCNCC3=O)C2)cc1Cl. The minimum atomic E-state index is -3.71. The third-order valence-electron chi connectivity index (χ3n) is 4.62. The first-order valence-electron chi connectivity index (χ1n) is 8.13. The Morgan fingerprint density at radius 1 is 1.31 bits per heavy atom. The largest absolute Gasteiger partial charge is 0.336 e. The van der Waals surface area contributed by atoms with Crippen molar-refractivity contribution in [1.82, 2.24) is 14.5 Å². The molecule has 1 aromatic carbocycles. The molecule has 1 amide bonds. The van der Waals surface area contributed by atoms with Gasteiger partial charge in [0.1, 0.15) is 6.07 Å². The quantitative estimate of drug-likeness (QED) is 0.795. The fourth-order valence-corrected chi connectivity index (χ4v) is 5.13. The molecule has 0 aromatic heterocycles. The van der Waals surface area contributed by atoms with Crippen LogP contribution in [0.2, 0.25) is 5.02 Å². The zero-order valence-electron chi connectivity index (χ0n) is 14.0. The van der Waals surface area contributed by atoms with Gasteiger partial charge in [-0.15, -0.1) is 12.4 Å². The Morgan fingerprint density at radius 2 is 2.08 bits per heavy atom. The van der Waals surface area contributed by atoms with Gasteiger partial charge >= 0.3 is 0 Å². The van der Waals surface area contributed by atoms with Crippen LogP contribution in [0.15, 0.2) is 23.1 Å². The molecule has 0 radical (unpaired) electrons. The molecule has 0 spiro atoms. The number of benzene rings is 1. The number of halogens is 2. The fraction of sp³-hybridized carbons (Fsp3) is 0.500. The number of nitriles is 1. The number of piperazine rings is 1. The topological polar surface area (TPSA) is 93.5 Å². The van der Waals surface area contributed by atoms with Crippen molar-refractivity contribution in [3.05, 3.63) is 28.8 Å². The number of nitrogens with one attached hydrogen (secondary N) is 1. The summed E-state index contributed by atoms with van der Waals surface area (Å²) in [6.07, 6.45) is 1.50. The molecule has 0 saturated carbocycles. The smallest absolute Gasteiger partial charge is 0.243 e. The summed E-state index contributed by atoms with van der Waals surface area (Å²) in [5.41, 5.74) is 0.239. The van der Waals surface area contributed by atoms with Crippen molar-refractivity contribution in [2.24, 2.45) is 0 Å². The van der Waals surface area contributed by atoms with Crippen LogP contribution in [-0.4, -0.2) is 62.3 Å². The molecule has 0 aliphatic carbocycles. The van der Waals surface area contributed by atoms with Crippen LogP contribution in [0, 0.1) is 11.3 Å². The van der Waals surface area contributed by atoms with Gasteiger partial charge in [0.2, 0.25) is 15.9 Å². The van der Waals surface area contributed by atoms with Crippen LogP contribution in [0.1, 0.15) is 18.4 Å². The first-order valence-corrected chi connectivity index (χ1v) is 9.95. The summed E-state index contributed by atoms with van der Waals surface area (Å²) in [7, 11) is -3.71. The first kappa shape index (κ1) is 20.9. The molecule has 3 rings (SSSR count).